The van der Waals surface area contributed by atoms with Gasteiger partial charge in [-0.3, -0.25) is 15.0 Å². The minimum Gasteiger partial charge on any atom is -0.465 e. The average Bonchev–Trinajstić information content (AvgIpc) is 2.67. The monoisotopic (exact) mass is 370 g/mol. The Morgan fingerprint density at radius 2 is 2.00 bits per heavy atom. The fourth-order valence-electron chi connectivity index (χ4n) is 3.24. The largest absolute Gasteiger partial charge is 0.465 e. The van der Waals surface area contributed by atoms with Gasteiger partial charge in [-0.05, 0) is 12.5 Å². The lowest BCUT2D eigenvalue weighted by molar-refractivity contribution is -0.384. The van der Waals surface area contributed by atoms with Crippen LogP contribution in [0.5, 0.6) is 0 Å². The molecule has 1 aliphatic heterocycles. The molecule has 3 rings (SSSR count). The van der Waals surface area contributed by atoms with Crippen molar-refractivity contribution in [1.82, 2.24) is 9.88 Å². The number of piperazine rings is 1. The van der Waals surface area contributed by atoms with Gasteiger partial charge in [-0.15, -0.1) is 0 Å². The number of anilines is 1. The summed E-state index contributed by atoms with van der Waals surface area (Å²) >= 11 is 0. The van der Waals surface area contributed by atoms with E-state index in [2.05, 4.69) is 45.8 Å². The van der Waals surface area contributed by atoms with E-state index in [9.17, 15) is 14.9 Å². The minimum absolute atomic E-state index is 0.0750. The number of hydrogen-bond donors (Lipinski definition) is 0. The number of rotatable bonds is 5. The lowest BCUT2D eigenvalue weighted by atomic mass is 10.1. The van der Waals surface area contributed by atoms with Crippen LogP contribution in [-0.2, 0) is 11.3 Å². The first kappa shape index (κ1) is 18.8. The summed E-state index contributed by atoms with van der Waals surface area (Å²) in [5.41, 5.74) is 2.39. The number of benzene rings is 1. The van der Waals surface area contributed by atoms with Gasteiger partial charge in [0.25, 0.3) is 0 Å². The van der Waals surface area contributed by atoms with Crippen LogP contribution < -0.4 is 4.90 Å². The molecular formula is C19H22N4O4. The lowest BCUT2D eigenvalue weighted by Gasteiger charge is -2.35. The first-order valence-corrected chi connectivity index (χ1v) is 8.73. The molecule has 27 heavy (non-hydrogen) atoms. The van der Waals surface area contributed by atoms with Gasteiger partial charge >= 0.3 is 11.7 Å². The van der Waals surface area contributed by atoms with Gasteiger partial charge in [0.15, 0.2) is 0 Å². The highest BCUT2D eigenvalue weighted by atomic mass is 16.6. The molecule has 0 bridgehead atoms. The molecule has 2 aromatic rings. The standard InChI is InChI=1S/C19H22N4O4/c1-14-4-3-5-15(10-14)13-21-6-8-22(9-7-21)18-17(23(25)26)11-16(12-20-18)19(24)27-2/h3-5,10-12H,6-9,13H2,1-2H3. The normalized spacial score (nSPS) is 14.8. The summed E-state index contributed by atoms with van der Waals surface area (Å²) < 4.78 is 4.61. The summed E-state index contributed by atoms with van der Waals surface area (Å²) in [5, 5.41) is 11.4. The second-order valence-corrected chi connectivity index (χ2v) is 6.57. The summed E-state index contributed by atoms with van der Waals surface area (Å²) in [6, 6.07) is 9.64. The van der Waals surface area contributed by atoms with Crippen molar-refractivity contribution in [2.45, 2.75) is 13.5 Å². The van der Waals surface area contributed by atoms with Crippen LogP contribution in [0.3, 0.4) is 0 Å². The number of carbonyl (C=O) groups is 1. The first-order chi connectivity index (χ1) is 13.0. The topological polar surface area (TPSA) is 88.8 Å². The van der Waals surface area contributed by atoms with Gasteiger partial charge in [-0.25, -0.2) is 9.78 Å². The van der Waals surface area contributed by atoms with Crippen molar-refractivity contribution in [2.75, 3.05) is 38.2 Å². The summed E-state index contributed by atoms with van der Waals surface area (Å²) in [7, 11) is 1.23. The Hall–Kier alpha value is -3.00. The zero-order valence-electron chi connectivity index (χ0n) is 15.4. The number of ether oxygens (including phenoxy) is 1. The van der Waals surface area contributed by atoms with Crippen LogP contribution in [0, 0.1) is 17.0 Å². The van der Waals surface area contributed by atoms with Crippen LogP contribution >= 0.6 is 0 Å². The van der Waals surface area contributed by atoms with Gasteiger partial charge in [0.1, 0.15) is 0 Å². The molecule has 0 saturated carbocycles. The van der Waals surface area contributed by atoms with Gasteiger partial charge in [0.2, 0.25) is 5.82 Å². The minimum atomic E-state index is -0.639. The number of nitro groups is 1. The van der Waals surface area contributed by atoms with E-state index < -0.39 is 10.9 Å². The van der Waals surface area contributed by atoms with Crippen LogP contribution in [-0.4, -0.2) is 54.1 Å². The molecule has 1 aromatic heterocycles. The highest BCUT2D eigenvalue weighted by Gasteiger charge is 2.26. The van der Waals surface area contributed by atoms with E-state index >= 15 is 0 Å². The van der Waals surface area contributed by atoms with Crippen molar-refractivity contribution in [3.63, 3.8) is 0 Å². The number of carbonyl (C=O) groups excluding carboxylic acids is 1. The molecule has 0 atom stereocenters. The van der Waals surface area contributed by atoms with Crippen molar-refractivity contribution < 1.29 is 14.5 Å². The first-order valence-electron chi connectivity index (χ1n) is 8.73. The molecule has 1 fully saturated rings. The SMILES string of the molecule is COC(=O)c1cnc(N2CCN(Cc3cccc(C)c3)CC2)c([N+](=O)[O-])c1. The Labute approximate surface area is 157 Å². The second-order valence-electron chi connectivity index (χ2n) is 6.57. The van der Waals surface area contributed by atoms with Gasteiger partial charge in [-0.2, -0.15) is 0 Å². The van der Waals surface area contributed by atoms with Crippen LogP contribution in [0.25, 0.3) is 0 Å². The zero-order chi connectivity index (χ0) is 19.4. The third-order valence-electron chi connectivity index (χ3n) is 4.63. The average molecular weight is 370 g/mol. The van der Waals surface area contributed by atoms with E-state index in [4.69, 9.17) is 0 Å². The van der Waals surface area contributed by atoms with Gasteiger partial charge in [-0.1, -0.05) is 29.8 Å². The molecular weight excluding hydrogens is 348 g/mol. The fraction of sp³-hybridized carbons (Fsp3) is 0.368. The molecule has 0 aliphatic carbocycles. The molecule has 1 saturated heterocycles. The summed E-state index contributed by atoms with van der Waals surface area (Å²) in [6.07, 6.45) is 1.33. The Bertz CT molecular complexity index is 847. The van der Waals surface area contributed by atoms with E-state index in [0.29, 0.717) is 18.9 Å². The highest BCUT2D eigenvalue weighted by molar-refractivity contribution is 5.90. The molecule has 0 unspecified atom stereocenters. The Morgan fingerprint density at radius 3 is 2.63 bits per heavy atom. The smallest absolute Gasteiger partial charge is 0.339 e. The van der Waals surface area contributed by atoms with Crippen molar-refractivity contribution in [3.8, 4) is 0 Å². The third-order valence-corrected chi connectivity index (χ3v) is 4.63. The van der Waals surface area contributed by atoms with Crippen molar-refractivity contribution in [1.29, 1.82) is 0 Å². The van der Waals surface area contributed by atoms with Crippen molar-refractivity contribution in [2.24, 2.45) is 0 Å². The van der Waals surface area contributed by atoms with E-state index in [1.165, 1.54) is 30.5 Å². The molecule has 0 spiro atoms. The van der Waals surface area contributed by atoms with Crippen LogP contribution in [0.15, 0.2) is 36.5 Å². The maximum absolute atomic E-state index is 11.6. The molecule has 0 amide bonds. The summed E-state index contributed by atoms with van der Waals surface area (Å²) in [5.74, 6) is -0.344. The maximum Gasteiger partial charge on any atom is 0.339 e. The number of pyridine rings is 1. The second kappa shape index (κ2) is 8.13. The van der Waals surface area contributed by atoms with E-state index in [-0.39, 0.29) is 11.3 Å². The molecule has 0 radical (unpaired) electrons. The molecule has 1 aromatic carbocycles. The Morgan fingerprint density at radius 1 is 1.26 bits per heavy atom. The number of aryl methyl sites for hydroxylation is 1. The Kier molecular flexibility index (Phi) is 5.66. The molecule has 8 heteroatoms. The number of esters is 1. The summed E-state index contributed by atoms with van der Waals surface area (Å²) in [4.78, 5) is 30.9. The van der Waals surface area contributed by atoms with Crippen molar-refractivity contribution in [3.05, 3.63) is 63.3 Å². The summed E-state index contributed by atoms with van der Waals surface area (Å²) in [6.45, 7) is 5.77. The van der Waals surface area contributed by atoms with Gasteiger partial charge in [0, 0.05) is 45.0 Å². The van der Waals surface area contributed by atoms with Gasteiger partial charge in [0.05, 0.1) is 17.6 Å². The quantitative estimate of drug-likeness (QED) is 0.454. The molecule has 142 valence electrons. The number of hydrogen-bond acceptors (Lipinski definition) is 7. The number of nitrogens with zero attached hydrogens (tertiary/aromatic N) is 4. The Balaban J connectivity index is 1.70. The van der Waals surface area contributed by atoms with Gasteiger partial charge < -0.3 is 9.64 Å². The predicted molar refractivity (Wildman–Crippen MR) is 101 cm³/mol. The molecule has 8 nitrogen and oxygen atoms in total. The maximum atomic E-state index is 11.6. The molecule has 1 aliphatic rings. The zero-order valence-corrected chi connectivity index (χ0v) is 15.4. The van der Waals surface area contributed by atoms with Crippen LogP contribution in [0.2, 0.25) is 0 Å². The third kappa shape index (κ3) is 4.40. The number of aromatic nitrogens is 1. The lowest BCUT2D eigenvalue weighted by Crippen LogP contribution is -2.46. The molecule has 0 N–H and O–H groups in total. The van der Waals surface area contributed by atoms with E-state index in [1.54, 1.807) is 0 Å². The van der Waals surface area contributed by atoms with E-state index in [1.807, 2.05) is 4.90 Å². The van der Waals surface area contributed by atoms with Crippen LogP contribution in [0.1, 0.15) is 21.5 Å². The fourth-order valence-corrected chi connectivity index (χ4v) is 3.24. The predicted octanol–water partition coefficient (Wildman–Crippen LogP) is 2.41. The highest BCUT2D eigenvalue weighted by Crippen LogP contribution is 2.28. The van der Waals surface area contributed by atoms with Crippen LogP contribution in [0.4, 0.5) is 11.5 Å². The number of methoxy groups -OCH3 is 1. The van der Waals surface area contributed by atoms with Crippen molar-refractivity contribution >= 4 is 17.5 Å². The van der Waals surface area contributed by atoms with E-state index in [0.717, 1.165) is 19.6 Å². The molecule has 2 heterocycles.